The Labute approximate surface area is 93.2 Å². The van der Waals surface area contributed by atoms with Crippen molar-refractivity contribution >= 4 is 5.91 Å². The molecule has 1 atom stereocenters. The molecule has 3 heteroatoms. The van der Waals surface area contributed by atoms with Gasteiger partial charge in [0.05, 0.1) is 6.54 Å². The number of hydrogen-bond acceptors (Lipinski definition) is 2. The van der Waals surface area contributed by atoms with Crippen LogP contribution in [0.1, 0.15) is 34.1 Å². The molecule has 88 valence electrons. The molecule has 0 saturated carbocycles. The Morgan fingerprint density at radius 2 is 2.07 bits per heavy atom. The average Bonchev–Trinajstić information content (AvgIpc) is 2.13. The van der Waals surface area contributed by atoms with Crippen LogP contribution in [-0.4, -0.2) is 36.5 Å². The quantitative estimate of drug-likeness (QED) is 0.765. The predicted molar refractivity (Wildman–Crippen MR) is 62.7 cm³/mol. The van der Waals surface area contributed by atoms with E-state index in [9.17, 15) is 4.79 Å². The van der Waals surface area contributed by atoms with Crippen molar-refractivity contribution in [1.82, 2.24) is 10.2 Å². The molecule has 0 aromatic heterocycles. The van der Waals surface area contributed by atoms with Crippen molar-refractivity contribution in [3.05, 3.63) is 0 Å². The highest BCUT2D eigenvalue weighted by Crippen LogP contribution is 2.10. The third-order valence-electron chi connectivity index (χ3n) is 3.00. The molecule has 1 rings (SSSR count). The van der Waals surface area contributed by atoms with Crippen LogP contribution in [-0.2, 0) is 4.79 Å². The molecule has 15 heavy (non-hydrogen) atoms. The Bertz CT molecular complexity index is 214. The Balaban J connectivity index is 2.41. The van der Waals surface area contributed by atoms with Crippen LogP contribution in [0.5, 0.6) is 0 Å². The first-order chi connectivity index (χ1) is 6.99. The number of nitrogens with zero attached hydrogens (tertiary/aromatic N) is 1. The molecule has 1 heterocycles. The number of amides is 1. The zero-order valence-corrected chi connectivity index (χ0v) is 10.4. The van der Waals surface area contributed by atoms with E-state index in [0.29, 0.717) is 24.4 Å². The number of carbonyl (C=O) groups is 1. The summed E-state index contributed by atoms with van der Waals surface area (Å²) >= 11 is 0. The minimum Gasteiger partial charge on any atom is -0.351 e. The summed E-state index contributed by atoms with van der Waals surface area (Å²) in [5.74, 6) is 1.42. The van der Waals surface area contributed by atoms with E-state index in [1.807, 2.05) is 0 Å². The van der Waals surface area contributed by atoms with E-state index in [4.69, 9.17) is 0 Å². The smallest absolute Gasteiger partial charge is 0.234 e. The monoisotopic (exact) mass is 212 g/mol. The van der Waals surface area contributed by atoms with Gasteiger partial charge in [-0.3, -0.25) is 9.69 Å². The van der Waals surface area contributed by atoms with Gasteiger partial charge in [0.15, 0.2) is 0 Å². The van der Waals surface area contributed by atoms with Gasteiger partial charge >= 0.3 is 0 Å². The van der Waals surface area contributed by atoms with Crippen molar-refractivity contribution in [2.45, 2.75) is 40.2 Å². The first kappa shape index (κ1) is 12.5. The Morgan fingerprint density at radius 1 is 1.40 bits per heavy atom. The lowest BCUT2D eigenvalue weighted by Crippen LogP contribution is -2.56. The van der Waals surface area contributed by atoms with Crippen molar-refractivity contribution in [3.63, 3.8) is 0 Å². The molecule has 1 aliphatic rings. The summed E-state index contributed by atoms with van der Waals surface area (Å²) < 4.78 is 0. The van der Waals surface area contributed by atoms with Crippen molar-refractivity contribution in [1.29, 1.82) is 0 Å². The molecule has 1 N–H and O–H groups in total. The van der Waals surface area contributed by atoms with E-state index < -0.39 is 0 Å². The third kappa shape index (κ3) is 4.20. The van der Waals surface area contributed by atoms with Gasteiger partial charge < -0.3 is 5.32 Å². The largest absolute Gasteiger partial charge is 0.351 e. The molecule has 1 saturated heterocycles. The van der Waals surface area contributed by atoms with Crippen LogP contribution in [0.4, 0.5) is 0 Å². The van der Waals surface area contributed by atoms with Crippen LogP contribution in [0.2, 0.25) is 0 Å². The molecule has 1 aliphatic heterocycles. The van der Waals surface area contributed by atoms with Gasteiger partial charge in [-0.2, -0.15) is 0 Å². The van der Waals surface area contributed by atoms with Crippen molar-refractivity contribution in [3.8, 4) is 0 Å². The summed E-state index contributed by atoms with van der Waals surface area (Å²) in [4.78, 5) is 13.8. The van der Waals surface area contributed by atoms with Gasteiger partial charge in [-0.05, 0) is 24.8 Å². The first-order valence-corrected chi connectivity index (χ1v) is 6.00. The van der Waals surface area contributed by atoms with Gasteiger partial charge in [-0.25, -0.2) is 0 Å². The van der Waals surface area contributed by atoms with Crippen molar-refractivity contribution < 1.29 is 4.79 Å². The Hall–Kier alpha value is -0.570. The zero-order valence-electron chi connectivity index (χ0n) is 10.4. The fourth-order valence-corrected chi connectivity index (χ4v) is 1.83. The molecule has 0 bridgehead atoms. The van der Waals surface area contributed by atoms with Gasteiger partial charge in [0, 0.05) is 12.6 Å². The van der Waals surface area contributed by atoms with Crippen LogP contribution >= 0.6 is 0 Å². The molecular weight excluding hydrogens is 188 g/mol. The van der Waals surface area contributed by atoms with Gasteiger partial charge in [-0.1, -0.05) is 27.7 Å². The van der Waals surface area contributed by atoms with Crippen LogP contribution in [0.3, 0.4) is 0 Å². The second-order valence-electron chi connectivity index (χ2n) is 5.34. The fourth-order valence-electron chi connectivity index (χ4n) is 1.83. The minimum atomic E-state index is 0.184. The summed E-state index contributed by atoms with van der Waals surface area (Å²) in [6.45, 7) is 11.4. The van der Waals surface area contributed by atoms with Crippen molar-refractivity contribution in [2.75, 3.05) is 19.6 Å². The molecule has 1 unspecified atom stereocenters. The second-order valence-corrected chi connectivity index (χ2v) is 5.34. The maximum Gasteiger partial charge on any atom is 0.234 e. The van der Waals surface area contributed by atoms with Crippen LogP contribution < -0.4 is 5.32 Å². The van der Waals surface area contributed by atoms with E-state index in [-0.39, 0.29) is 5.91 Å². The normalized spacial score (nSPS) is 23.6. The van der Waals surface area contributed by atoms with Crippen LogP contribution in [0, 0.1) is 11.8 Å². The lowest BCUT2D eigenvalue weighted by molar-refractivity contribution is -0.126. The van der Waals surface area contributed by atoms with Gasteiger partial charge in [0.2, 0.25) is 5.91 Å². The van der Waals surface area contributed by atoms with E-state index in [1.165, 1.54) is 6.42 Å². The van der Waals surface area contributed by atoms with E-state index in [0.717, 1.165) is 13.1 Å². The van der Waals surface area contributed by atoms with Gasteiger partial charge in [0.1, 0.15) is 0 Å². The van der Waals surface area contributed by atoms with Crippen LogP contribution in [0.25, 0.3) is 0 Å². The standard InChI is InChI=1S/C12H24N2O/c1-9(2)5-6-14-7-11(10(3)4)13-12(15)8-14/h9-11H,5-8H2,1-4H3,(H,13,15). The predicted octanol–water partition coefficient (Wildman–Crippen LogP) is 1.49. The maximum absolute atomic E-state index is 11.5. The van der Waals surface area contributed by atoms with Gasteiger partial charge in [0.25, 0.3) is 0 Å². The molecule has 1 fully saturated rings. The number of carbonyl (C=O) groups excluding carboxylic acids is 1. The highest BCUT2D eigenvalue weighted by Gasteiger charge is 2.26. The molecule has 3 nitrogen and oxygen atoms in total. The molecule has 0 radical (unpaired) electrons. The lowest BCUT2D eigenvalue weighted by Gasteiger charge is -2.35. The maximum atomic E-state index is 11.5. The van der Waals surface area contributed by atoms with Gasteiger partial charge in [-0.15, -0.1) is 0 Å². The highest BCUT2D eigenvalue weighted by atomic mass is 16.2. The minimum absolute atomic E-state index is 0.184. The highest BCUT2D eigenvalue weighted by molar-refractivity contribution is 5.79. The Kier molecular flexibility index (Phi) is 4.58. The van der Waals surface area contributed by atoms with E-state index in [1.54, 1.807) is 0 Å². The Morgan fingerprint density at radius 3 is 2.60 bits per heavy atom. The summed E-state index contributed by atoms with van der Waals surface area (Å²) in [5, 5.41) is 3.05. The fraction of sp³-hybridized carbons (Fsp3) is 0.917. The molecule has 0 spiro atoms. The number of rotatable bonds is 4. The average molecular weight is 212 g/mol. The van der Waals surface area contributed by atoms with E-state index in [2.05, 4.69) is 37.9 Å². The van der Waals surface area contributed by atoms with Crippen molar-refractivity contribution in [2.24, 2.45) is 11.8 Å². The number of nitrogens with one attached hydrogen (secondary N) is 1. The second kappa shape index (κ2) is 5.50. The molecule has 0 aliphatic carbocycles. The van der Waals surface area contributed by atoms with Crippen LogP contribution in [0.15, 0.2) is 0 Å². The summed E-state index contributed by atoms with van der Waals surface area (Å²) in [7, 11) is 0. The zero-order chi connectivity index (χ0) is 11.4. The molecule has 0 aromatic rings. The van der Waals surface area contributed by atoms with E-state index >= 15 is 0 Å². The molecule has 1 amide bonds. The number of hydrogen-bond donors (Lipinski definition) is 1. The molecular formula is C12H24N2O. The number of piperazine rings is 1. The topological polar surface area (TPSA) is 32.3 Å². The summed E-state index contributed by atoms with van der Waals surface area (Å²) in [5.41, 5.74) is 0. The third-order valence-corrected chi connectivity index (χ3v) is 3.00. The summed E-state index contributed by atoms with van der Waals surface area (Å²) in [6.07, 6.45) is 1.18. The SMILES string of the molecule is CC(C)CCN1CC(=O)NC(C(C)C)C1. The first-order valence-electron chi connectivity index (χ1n) is 6.00. The molecule has 0 aromatic carbocycles. The lowest BCUT2D eigenvalue weighted by atomic mass is 10.0. The summed E-state index contributed by atoms with van der Waals surface area (Å²) in [6, 6.07) is 0.332.